The van der Waals surface area contributed by atoms with Crippen LogP contribution in [0.2, 0.25) is 0 Å². The molecule has 0 saturated heterocycles. The summed E-state index contributed by atoms with van der Waals surface area (Å²) >= 11 is 0. The fourth-order valence-corrected chi connectivity index (χ4v) is 1.09. The zero-order valence-electron chi connectivity index (χ0n) is 8.63. The molecular formula is C9H19O2P. The lowest BCUT2D eigenvalue weighted by Crippen LogP contribution is -1.84. The summed E-state index contributed by atoms with van der Waals surface area (Å²) in [4.78, 5) is 10.4. The minimum atomic E-state index is -1.96. The Morgan fingerprint density at radius 3 is 2.00 bits per heavy atom. The van der Waals surface area contributed by atoms with Gasteiger partial charge in [-0.05, 0) is 26.3 Å². The monoisotopic (exact) mass is 190 g/mol. The maximum absolute atomic E-state index is 11.0. The van der Waals surface area contributed by atoms with Crippen LogP contribution in [0.3, 0.4) is 0 Å². The minimum Gasteiger partial charge on any atom is -0.324 e. The lowest BCUT2D eigenvalue weighted by Gasteiger charge is -1.98. The van der Waals surface area contributed by atoms with Gasteiger partial charge in [-0.25, -0.2) is 0 Å². The molecule has 0 saturated carbocycles. The standard InChI is InChI=1S/C7H13O2P.C2H6/c1-7(8)5-4-6-10(2,3)9;1-2/h4-5H,6H2,1-3H3;1-2H3/b5-4+;. The third kappa shape index (κ3) is 16.3. The zero-order valence-corrected chi connectivity index (χ0v) is 9.52. The molecule has 0 unspecified atom stereocenters. The SMILES string of the molecule is CC.CC(=O)/C=C/CP(C)(C)=O. The van der Waals surface area contributed by atoms with Gasteiger partial charge < -0.3 is 4.57 Å². The average Bonchev–Trinajstić information content (AvgIpc) is 1.88. The highest BCUT2D eigenvalue weighted by molar-refractivity contribution is 7.62. The molecule has 3 heteroatoms. The molecule has 0 radical (unpaired) electrons. The van der Waals surface area contributed by atoms with Gasteiger partial charge in [-0.15, -0.1) is 0 Å². The van der Waals surface area contributed by atoms with Gasteiger partial charge in [0.2, 0.25) is 0 Å². The number of hydrogen-bond donors (Lipinski definition) is 0. The molecule has 0 aromatic rings. The molecule has 0 fully saturated rings. The topological polar surface area (TPSA) is 34.1 Å². The van der Waals surface area contributed by atoms with E-state index in [1.54, 1.807) is 19.4 Å². The molecule has 0 aliphatic heterocycles. The predicted molar refractivity (Wildman–Crippen MR) is 55.5 cm³/mol. The Kier molecular flexibility index (Phi) is 8.62. The van der Waals surface area contributed by atoms with Gasteiger partial charge in [0.05, 0.1) is 7.14 Å². The van der Waals surface area contributed by atoms with E-state index in [1.165, 1.54) is 13.0 Å². The van der Waals surface area contributed by atoms with Crippen molar-refractivity contribution < 1.29 is 9.36 Å². The fraction of sp³-hybridized carbons (Fsp3) is 0.667. The molecule has 0 aliphatic carbocycles. The highest BCUT2D eigenvalue weighted by Gasteiger charge is 2.01. The first kappa shape index (κ1) is 14.2. The van der Waals surface area contributed by atoms with Gasteiger partial charge in [-0.3, -0.25) is 4.79 Å². The second kappa shape index (κ2) is 7.30. The van der Waals surface area contributed by atoms with Crippen LogP contribution in [0.1, 0.15) is 20.8 Å². The van der Waals surface area contributed by atoms with Crippen LogP contribution in [0, 0.1) is 0 Å². The van der Waals surface area contributed by atoms with Crippen molar-refractivity contribution in [2.75, 3.05) is 19.5 Å². The summed E-state index contributed by atoms with van der Waals surface area (Å²) in [6, 6.07) is 0. The number of ketones is 1. The van der Waals surface area contributed by atoms with Crippen molar-refractivity contribution in [1.82, 2.24) is 0 Å². The second-order valence-electron chi connectivity index (χ2n) is 2.77. The van der Waals surface area contributed by atoms with E-state index in [1.807, 2.05) is 13.8 Å². The third-order valence-corrected chi connectivity index (χ3v) is 1.99. The van der Waals surface area contributed by atoms with Crippen LogP contribution in [-0.2, 0) is 9.36 Å². The van der Waals surface area contributed by atoms with E-state index in [2.05, 4.69) is 0 Å². The average molecular weight is 190 g/mol. The largest absolute Gasteiger partial charge is 0.324 e. The van der Waals surface area contributed by atoms with E-state index < -0.39 is 7.14 Å². The number of rotatable bonds is 3. The summed E-state index contributed by atoms with van der Waals surface area (Å²) in [5, 5.41) is 0. The molecule has 0 bridgehead atoms. The molecule has 0 aliphatic rings. The molecule has 0 amide bonds. The Labute approximate surface area is 75.4 Å². The molecule has 0 heterocycles. The summed E-state index contributed by atoms with van der Waals surface area (Å²) in [5.41, 5.74) is 0. The van der Waals surface area contributed by atoms with Crippen LogP contribution in [0.5, 0.6) is 0 Å². The predicted octanol–water partition coefficient (Wildman–Crippen LogP) is 2.78. The maximum Gasteiger partial charge on any atom is 0.152 e. The summed E-state index contributed by atoms with van der Waals surface area (Å²) in [6.45, 7) is 8.89. The Morgan fingerprint density at radius 1 is 1.33 bits per heavy atom. The minimum absolute atomic E-state index is 0.00782. The van der Waals surface area contributed by atoms with E-state index in [4.69, 9.17) is 0 Å². The molecule has 0 N–H and O–H groups in total. The van der Waals surface area contributed by atoms with Gasteiger partial charge in [0.25, 0.3) is 0 Å². The van der Waals surface area contributed by atoms with Crippen LogP contribution >= 0.6 is 7.14 Å². The van der Waals surface area contributed by atoms with Crippen molar-refractivity contribution in [1.29, 1.82) is 0 Å². The van der Waals surface area contributed by atoms with E-state index in [9.17, 15) is 9.36 Å². The van der Waals surface area contributed by atoms with Crippen molar-refractivity contribution in [2.24, 2.45) is 0 Å². The lowest BCUT2D eigenvalue weighted by molar-refractivity contribution is -0.112. The normalized spacial score (nSPS) is 10.8. The van der Waals surface area contributed by atoms with Crippen LogP contribution < -0.4 is 0 Å². The Morgan fingerprint density at radius 2 is 1.75 bits per heavy atom. The highest BCUT2D eigenvalue weighted by atomic mass is 31.2. The molecule has 0 aromatic heterocycles. The molecule has 0 rings (SSSR count). The van der Waals surface area contributed by atoms with Gasteiger partial charge in [0, 0.05) is 6.16 Å². The van der Waals surface area contributed by atoms with Crippen LogP contribution in [0.15, 0.2) is 12.2 Å². The summed E-state index contributed by atoms with van der Waals surface area (Å²) in [7, 11) is -1.96. The molecular weight excluding hydrogens is 171 g/mol. The van der Waals surface area contributed by atoms with E-state index in [0.29, 0.717) is 6.16 Å². The first-order valence-electron chi connectivity index (χ1n) is 4.13. The molecule has 2 nitrogen and oxygen atoms in total. The van der Waals surface area contributed by atoms with Crippen LogP contribution in [0.25, 0.3) is 0 Å². The Bertz CT molecular complexity index is 189. The van der Waals surface area contributed by atoms with Gasteiger partial charge in [0.1, 0.15) is 0 Å². The van der Waals surface area contributed by atoms with Gasteiger partial charge >= 0.3 is 0 Å². The fourth-order valence-electron chi connectivity index (χ4n) is 0.473. The summed E-state index contributed by atoms with van der Waals surface area (Å²) in [6.07, 6.45) is 3.65. The lowest BCUT2D eigenvalue weighted by atomic mass is 10.4. The van der Waals surface area contributed by atoms with E-state index in [0.717, 1.165) is 0 Å². The van der Waals surface area contributed by atoms with Crippen LogP contribution in [-0.4, -0.2) is 25.3 Å². The van der Waals surface area contributed by atoms with Gasteiger partial charge in [-0.2, -0.15) is 0 Å². The zero-order chi connectivity index (χ0) is 10.2. The summed E-state index contributed by atoms with van der Waals surface area (Å²) in [5.74, 6) is 0.00782. The molecule has 72 valence electrons. The molecule has 0 spiro atoms. The first-order valence-corrected chi connectivity index (χ1v) is 6.91. The first-order chi connectivity index (χ1) is 5.42. The van der Waals surface area contributed by atoms with Gasteiger partial charge in [0.15, 0.2) is 5.78 Å². The third-order valence-electron chi connectivity index (χ3n) is 0.898. The highest BCUT2D eigenvalue weighted by Crippen LogP contribution is 2.35. The number of hydrogen-bond acceptors (Lipinski definition) is 2. The van der Waals surface area contributed by atoms with E-state index in [-0.39, 0.29) is 5.78 Å². The van der Waals surface area contributed by atoms with Gasteiger partial charge in [-0.1, -0.05) is 19.9 Å². The molecule has 0 aromatic carbocycles. The molecule has 12 heavy (non-hydrogen) atoms. The Hall–Kier alpha value is -0.360. The van der Waals surface area contributed by atoms with Crippen molar-refractivity contribution >= 4 is 12.9 Å². The van der Waals surface area contributed by atoms with E-state index >= 15 is 0 Å². The van der Waals surface area contributed by atoms with Crippen LogP contribution in [0.4, 0.5) is 0 Å². The number of carbonyl (C=O) groups excluding carboxylic acids is 1. The second-order valence-corrected chi connectivity index (χ2v) is 6.28. The van der Waals surface area contributed by atoms with Crippen molar-refractivity contribution in [3.8, 4) is 0 Å². The number of allylic oxidation sites excluding steroid dienone is 2. The Balaban J connectivity index is 0. The molecule has 0 atom stereocenters. The van der Waals surface area contributed by atoms with Crippen molar-refractivity contribution in [3.63, 3.8) is 0 Å². The van der Waals surface area contributed by atoms with Crippen molar-refractivity contribution in [3.05, 3.63) is 12.2 Å². The number of carbonyl (C=O) groups is 1. The summed E-state index contributed by atoms with van der Waals surface area (Å²) < 4.78 is 11.0. The smallest absolute Gasteiger partial charge is 0.152 e. The van der Waals surface area contributed by atoms with Crippen molar-refractivity contribution in [2.45, 2.75) is 20.8 Å². The quantitative estimate of drug-likeness (QED) is 0.506. The maximum atomic E-state index is 11.0.